The van der Waals surface area contributed by atoms with Crippen LogP contribution in [-0.4, -0.2) is 24.8 Å². The molecule has 0 bridgehead atoms. The van der Waals surface area contributed by atoms with Gasteiger partial charge in [-0.2, -0.15) is 0 Å². The molecule has 0 N–H and O–H groups in total. The van der Waals surface area contributed by atoms with E-state index in [0.29, 0.717) is 17.6 Å². The van der Waals surface area contributed by atoms with Crippen LogP contribution in [-0.2, 0) is 4.79 Å². The van der Waals surface area contributed by atoms with Gasteiger partial charge in [-0.3, -0.25) is 4.79 Å². The van der Waals surface area contributed by atoms with E-state index in [9.17, 15) is 4.79 Å². The van der Waals surface area contributed by atoms with E-state index >= 15 is 0 Å². The number of rotatable bonds is 3. The topological polar surface area (TPSA) is 20.3 Å². The molecule has 0 fully saturated rings. The zero-order valence-corrected chi connectivity index (χ0v) is 11.9. The highest BCUT2D eigenvalue weighted by Crippen LogP contribution is 2.33. The minimum atomic E-state index is 0.156. The molecule has 1 unspecified atom stereocenters. The van der Waals surface area contributed by atoms with Gasteiger partial charge in [0.1, 0.15) is 0 Å². The van der Waals surface area contributed by atoms with Crippen LogP contribution in [0.25, 0.3) is 0 Å². The van der Waals surface area contributed by atoms with Gasteiger partial charge in [-0.25, -0.2) is 0 Å². The lowest BCUT2D eigenvalue weighted by Gasteiger charge is -2.28. The lowest BCUT2D eigenvalue weighted by Crippen LogP contribution is -2.28. The Bertz CT molecular complexity index is 348. The average Bonchev–Trinajstić information content (AvgIpc) is 2.18. The number of nitrogens with zero attached hydrogens (tertiary/aromatic N) is 1. The first-order valence-electron chi connectivity index (χ1n) is 6.45. The molecule has 0 aromatic carbocycles. The van der Waals surface area contributed by atoms with Gasteiger partial charge in [-0.15, -0.1) is 0 Å². The molecule has 0 aliphatic heterocycles. The van der Waals surface area contributed by atoms with Gasteiger partial charge < -0.3 is 4.90 Å². The van der Waals surface area contributed by atoms with Crippen LogP contribution in [0, 0.1) is 17.8 Å². The van der Waals surface area contributed by atoms with Crippen LogP contribution in [0.15, 0.2) is 23.4 Å². The number of carbonyl (C=O) groups is 1. The highest BCUT2D eigenvalue weighted by Gasteiger charge is 2.30. The van der Waals surface area contributed by atoms with Crippen molar-refractivity contribution >= 4 is 5.78 Å². The van der Waals surface area contributed by atoms with Crippen molar-refractivity contribution in [1.82, 2.24) is 4.90 Å². The van der Waals surface area contributed by atoms with Crippen LogP contribution in [0.3, 0.4) is 0 Å². The fourth-order valence-corrected chi connectivity index (χ4v) is 2.30. The lowest BCUT2D eigenvalue weighted by molar-refractivity contribution is -0.121. The van der Waals surface area contributed by atoms with E-state index in [-0.39, 0.29) is 5.92 Å². The molecular formula is C15H25NO. The maximum atomic E-state index is 12.3. The minimum Gasteiger partial charge on any atom is -0.383 e. The fourth-order valence-electron chi connectivity index (χ4n) is 2.30. The van der Waals surface area contributed by atoms with Crippen molar-refractivity contribution in [3.63, 3.8) is 0 Å². The van der Waals surface area contributed by atoms with Crippen molar-refractivity contribution in [2.45, 2.75) is 34.1 Å². The van der Waals surface area contributed by atoms with Crippen LogP contribution in [0.4, 0.5) is 0 Å². The Labute approximate surface area is 105 Å². The molecule has 1 aliphatic rings. The summed E-state index contributed by atoms with van der Waals surface area (Å²) in [7, 11) is 4.05. The van der Waals surface area contributed by atoms with Gasteiger partial charge in [-0.05, 0) is 29.4 Å². The minimum absolute atomic E-state index is 0.156. The molecule has 96 valence electrons. The van der Waals surface area contributed by atoms with Crippen molar-refractivity contribution in [2.24, 2.45) is 17.8 Å². The molecule has 1 aliphatic carbocycles. The third-order valence-corrected chi connectivity index (χ3v) is 3.27. The number of carbonyl (C=O) groups excluding carboxylic acids is 1. The summed E-state index contributed by atoms with van der Waals surface area (Å²) in [5.41, 5.74) is 2.26. The van der Waals surface area contributed by atoms with E-state index in [4.69, 9.17) is 0 Å². The fraction of sp³-hybridized carbons (Fsp3) is 0.667. The van der Waals surface area contributed by atoms with Gasteiger partial charge in [0.15, 0.2) is 5.78 Å². The summed E-state index contributed by atoms with van der Waals surface area (Å²) in [6.45, 7) is 8.47. The Morgan fingerprint density at radius 3 is 2.29 bits per heavy atom. The standard InChI is InChI=1S/C15H25NO/c1-10(2)13-7-12(9-16(5)6)8-14(11(3)4)15(13)17/h7,9-11,14H,8H2,1-6H3. The van der Waals surface area contributed by atoms with Gasteiger partial charge in [0.25, 0.3) is 0 Å². The summed E-state index contributed by atoms with van der Waals surface area (Å²) >= 11 is 0. The Morgan fingerprint density at radius 1 is 1.29 bits per heavy atom. The Morgan fingerprint density at radius 2 is 1.88 bits per heavy atom. The van der Waals surface area contributed by atoms with Crippen LogP contribution in [0.2, 0.25) is 0 Å². The quantitative estimate of drug-likeness (QED) is 0.748. The van der Waals surface area contributed by atoms with E-state index in [1.54, 1.807) is 0 Å². The molecule has 1 atom stereocenters. The van der Waals surface area contributed by atoms with Gasteiger partial charge in [0.05, 0.1) is 0 Å². The Hall–Kier alpha value is -1.05. The van der Waals surface area contributed by atoms with Crippen LogP contribution < -0.4 is 0 Å². The third-order valence-electron chi connectivity index (χ3n) is 3.27. The normalized spacial score (nSPS) is 23.5. The molecule has 1 rings (SSSR count). The summed E-state index contributed by atoms with van der Waals surface area (Å²) in [4.78, 5) is 14.4. The Kier molecular flexibility index (Phi) is 4.55. The molecule has 0 amide bonds. The first-order valence-corrected chi connectivity index (χ1v) is 6.45. The zero-order chi connectivity index (χ0) is 13.2. The maximum Gasteiger partial charge on any atom is 0.162 e. The summed E-state index contributed by atoms with van der Waals surface area (Å²) in [6, 6.07) is 0. The van der Waals surface area contributed by atoms with Crippen molar-refractivity contribution in [1.29, 1.82) is 0 Å². The van der Waals surface area contributed by atoms with Gasteiger partial charge in [0, 0.05) is 26.2 Å². The summed E-state index contributed by atoms with van der Waals surface area (Å²) in [6.07, 6.45) is 5.10. The van der Waals surface area contributed by atoms with Crippen molar-refractivity contribution < 1.29 is 4.79 Å². The predicted molar refractivity (Wildman–Crippen MR) is 72.6 cm³/mol. The number of ketones is 1. The first kappa shape index (κ1) is 14.0. The predicted octanol–water partition coefficient (Wildman–Crippen LogP) is 3.26. The number of allylic oxidation sites excluding steroid dienone is 3. The van der Waals surface area contributed by atoms with E-state index < -0.39 is 0 Å². The Balaban J connectivity index is 3.10. The van der Waals surface area contributed by atoms with Gasteiger partial charge in [-0.1, -0.05) is 33.8 Å². The van der Waals surface area contributed by atoms with E-state index in [2.05, 4.69) is 44.9 Å². The maximum absolute atomic E-state index is 12.3. The highest BCUT2D eigenvalue weighted by atomic mass is 16.1. The van der Waals surface area contributed by atoms with Crippen LogP contribution >= 0.6 is 0 Å². The number of Topliss-reactive ketones (excluding diaryl/α,β-unsaturated/α-hetero) is 1. The molecule has 0 aromatic rings. The summed E-state index contributed by atoms with van der Waals surface area (Å²) < 4.78 is 0. The van der Waals surface area contributed by atoms with Crippen LogP contribution in [0.1, 0.15) is 34.1 Å². The molecule has 0 saturated carbocycles. The SMILES string of the molecule is CC(C)C1=CC(=CN(C)C)CC(C(C)C)C1=O. The third kappa shape index (κ3) is 3.45. The van der Waals surface area contributed by atoms with E-state index in [1.165, 1.54) is 5.57 Å². The smallest absolute Gasteiger partial charge is 0.162 e. The van der Waals surface area contributed by atoms with Gasteiger partial charge in [0.2, 0.25) is 0 Å². The molecule has 17 heavy (non-hydrogen) atoms. The lowest BCUT2D eigenvalue weighted by atomic mass is 9.76. The largest absolute Gasteiger partial charge is 0.383 e. The second-order valence-corrected chi connectivity index (χ2v) is 5.84. The zero-order valence-electron chi connectivity index (χ0n) is 11.9. The molecule has 0 spiro atoms. The van der Waals surface area contributed by atoms with Crippen molar-refractivity contribution in [3.05, 3.63) is 23.4 Å². The second kappa shape index (κ2) is 5.52. The molecule has 0 saturated heterocycles. The van der Waals surface area contributed by atoms with Crippen molar-refractivity contribution in [3.8, 4) is 0 Å². The number of hydrogen-bond donors (Lipinski definition) is 0. The van der Waals surface area contributed by atoms with Gasteiger partial charge >= 0.3 is 0 Å². The van der Waals surface area contributed by atoms with Crippen molar-refractivity contribution in [2.75, 3.05) is 14.1 Å². The molecule has 0 radical (unpaired) electrons. The molecule has 2 nitrogen and oxygen atoms in total. The highest BCUT2D eigenvalue weighted by molar-refractivity contribution is 5.99. The first-order chi connectivity index (χ1) is 7.82. The molecular weight excluding hydrogens is 210 g/mol. The van der Waals surface area contributed by atoms with E-state index in [0.717, 1.165) is 12.0 Å². The summed E-state index contributed by atoms with van der Waals surface area (Å²) in [5.74, 6) is 1.24. The van der Waals surface area contributed by atoms with Crippen LogP contribution in [0.5, 0.6) is 0 Å². The molecule has 0 heterocycles. The molecule has 2 heteroatoms. The van der Waals surface area contributed by atoms with E-state index in [1.807, 2.05) is 14.1 Å². The second-order valence-electron chi connectivity index (χ2n) is 5.84. The summed E-state index contributed by atoms with van der Waals surface area (Å²) in [5, 5.41) is 0. The number of hydrogen-bond acceptors (Lipinski definition) is 2. The monoisotopic (exact) mass is 235 g/mol. The average molecular weight is 235 g/mol. The molecule has 0 aromatic heterocycles.